The Morgan fingerprint density at radius 1 is 1.40 bits per heavy atom. The van der Waals surface area contributed by atoms with E-state index in [1.807, 2.05) is 0 Å². The summed E-state index contributed by atoms with van der Waals surface area (Å²) in [4.78, 5) is 0. The first-order chi connectivity index (χ1) is 6.54. The van der Waals surface area contributed by atoms with Crippen LogP contribution in [0.25, 0.3) is 0 Å². The van der Waals surface area contributed by atoms with Crippen LogP contribution < -0.4 is 5.73 Å². The maximum atomic E-state index is 7.67. The smallest absolute Gasteiger partial charge is 0.0645 e. The Hall–Kier alpha value is -0.980. The molecule has 0 bridgehead atoms. The summed E-state index contributed by atoms with van der Waals surface area (Å²) in [5, 5.41) is 0. The average Bonchev–Trinajstić information content (AvgIpc) is 2.96. The summed E-state index contributed by atoms with van der Waals surface area (Å²) in [5.74, 6) is 0.247. The highest BCUT2D eigenvalue weighted by molar-refractivity contribution is 5.49. The van der Waals surface area contributed by atoms with Gasteiger partial charge in [0.05, 0.1) is 5.48 Å². The van der Waals surface area contributed by atoms with Crippen LogP contribution in [0.5, 0.6) is 0 Å². The minimum atomic E-state index is -0.239. The number of hydrogen-bond acceptors (Lipinski definition) is 1. The molecule has 1 saturated carbocycles. The summed E-state index contributed by atoms with van der Waals surface area (Å²) in [6.07, 6.45) is 1.96. The zero-order valence-electron chi connectivity index (χ0n) is 9.57. The van der Waals surface area contributed by atoms with Crippen molar-refractivity contribution < 1.29 is 5.48 Å². The van der Waals surface area contributed by atoms with Crippen molar-refractivity contribution in [2.45, 2.75) is 18.8 Å². The summed E-state index contributed by atoms with van der Waals surface area (Å²) in [6, 6.07) is -0.484. The van der Waals surface area contributed by atoms with Gasteiger partial charge in [0, 0.05) is 5.69 Å². The molecule has 1 aliphatic carbocycles. The van der Waals surface area contributed by atoms with Gasteiger partial charge in [-0.25, -0.2) is 0 Å². The van der Waals surface area contributed by atoms with E-state index in [4.69, 9.17) is 11.2 Å². The largest absolute Gasteiger partial charge is 0.398 e. The van der Waals surface area contributed by atoms with Crippen LogP contribution in [0.3, 0.4) is 0 Å². The van der Waals surface area contributed by atoms with Gasteiger partial charge in [-0.3, -0.25) is 0 Å². The number of nitrogens with two attached hydrogens (primary N) is 1. The third kappa shape index (κ3) is 0.878. The molecule has 0 atom stereocenters. The Labute approximate surface area is 66.5 Å². The fourth-order valence-electron chi connectivity index (χ4n) is 1.03. The van der Waals surface area contributed by atoms with Crippen LogP contribution in [-0.2, 0) is 0 Å². The Morgan fingerprint density at radius 2 is 2.10 bits per heavy atom. The molecule has 0 aliphatic heterocycles. The highest BCUT2D eigenvalue weighted by Crippen LogP contribution is 2.42. The Morgan fingerprint density at radius 3 is 2.80 bits per heavy atom. The molecule has 2 N–H and O–H groups in total. The Balaban J connectivity index is 2.69. The van der Waals surface area contributed by atoms with Gasteiger partial charge in [0.1, 0.15) is 0 Å². The van der Waals surface area contributed by atoms with Gasteiger partial charge in [-0.1, -0.05) is 18.1 Å². The molecule has 52 valence electrons. The second kappa shape index (κ2) is 2.01. The topological polar surface area (TPSA) is 26.0 Å². The van der Waals surface area contributed by atoms with Gasteiger partial charge in [-0.15, -0.1) is 0 Å². The molecule has 1 nitrogen and oxygen atoms in total. The number of hydrogen-bond donors (Lipinski definition) is 1. The van der Waals surface area contributed by atoms with Crippen LogP contribution in [0, 0.1) is 0 Å². The van der Waals surface area contributed by atoms with Crippen LogP contribution in [0.1, 0.15) is 29.8 Å². The molecule has 0 radical (unpaired) electrons. The summed E-state index contributed by atoms with van der Waals surface area (Å²) in [5.41, 5.74) is 6.51. The molecular formula is C9H11N. The van der Waals surface area contributed by atoms with Crippen molar-refractivity contribution in [1.82, 2.24) is 0 Å². The SMILES string of the molecule is [2H]c1c([2H])c([2H])c(C2CC2)c(N)c1[2H]. The zero-order chi connectivity index (χ0) is 10.5. The number of para-hydroxylation sites is 1. The van der Waals surface area contributed by atoms with Crippen molar-refractivity contribution in [2.24, 2.45) is 0 Å². The van der Waals surface area contributed by atoms with Gasteiger partial charge in [0.15, 0.2) is 0 Å². The average molecular weight is 137 g/mol. The van der Waals surface area contributed by atoms with Crippen LogP contribution in [0.2, 0.25) is 0 Å². The van der Waals surface area contributed by atoms with Crippen LogP contribution in [0.15, 0.2) is 24.2 Å². The van der Waals surface area contributed by atoms with Crippen molar-refractivity contribution in [2.75, 3.05) is 5.73 Å². The fraction of sp³-hybridized carbons (Fsp3) is 0.333. The highest BCUT2D eigenvalue weighted by Gasteiger charge is 2.24. The van der Waals surface area contributed by atoms with Crippen molar-refractivity contribution >= 4 is 5.69 Å². The number of rotatable bonds is 1. The molecule has 10 heavy (non-hydrogen) atoms. The lowest BCUT2D eigenvalue weighted by Crippen LogP contribution is -1.90. The zero-order valence-corrected chi connectivity index (χ0v) is 5.57. The molecule has 0 saturated heterocycles. The van der Waals surface area contributed by atoms with Crippen LogP contribution in [-0.4, -0.2) is 0 Å². The van der Waals surface area contributed by atoms with Gasteiger partial charge < -0.3 is 5.73 Å². The molecule has 0 amide bonds. The standard InChI is InChI=1S/C9H11N/c10-9-4-2-1-3-8(9)7-5-6-7/h1-4,7H,5-6,10H2/i1D,2D,3D,4D. The molecule has 0 heterocycles. The van der Waals surface area contributed by atoms with E-state index in [2.05, 4.69) is 0 Å². The molecule has 1 aromatic rings. The predicted molar refractivity (Wildman–Crippen MR) is 42.8 cm³/mol. The molecule has 0 spiro atoms. The van der Waals surface area contributed by atoms with Gasteiger partial charge in [-0.05, 0) is 30.4 Å². The number of nitrogen functional groups attached to an aromatic ring is 1. The van der Waals surface area contributed by atoms with Gasteiger partial charge in [0.2, 0.25) is 0 Å². The molecule has 1 aromatic carbocycles. The number of anilines is 1. The Bertz CT molecular complexity index is 369. The van der Waals surface area contributed by atoms with Crippen molar-refractivity contribution in [1.29, 1.82) is 0 Å². The van der Waals surface area contributed by atoms with Gasteiger partial charge >= 0.3 is 0 Å². The first-order valence-corrected chi connectivity index (χ1v) is 3.39. The quantitative estimate of drug-likeness (QED) is 0.590. The predicted octanol–water partition coefficient (Wildman–Crippen LogP) is 2.15. The van der Waals surface area contributed by atoms with Crippen molar-refractivity contribution in [3.8, 4) is 0 Å². The van der Waals surface area contributed by atoms with Crippen LogP contribution >= 0.6 is 0 Å². The van der Waals surface area contributed by atoms with E-state index in [0.29, 0.717) is 5.56 Å². The summed E-state index contributed by atoms with van der Waals surface area (Å²) < 4.78 is 30.1. The van der Waals surface area contributed by atoms with E-state index in [0.717, 1.165) is 12.8 Å². The maximum Gasteiger partial charge on any atom is 0.0645 e. The summed E-state index contributed by atoms with van der Waals surface area (Å²) in [6.45, 7) is 0. The maximum absolute atomic E-state index is 7.67. The van der Waals surface area contributed by atoms with E-state index in [-0.39, 0.29) is 35.8 Å². The Kier molecular flexibility index (Phi) is 0.593. The van der Waals surface area contributed by atoms with Crippen LogP contribution in [0.4, 0.5) is 5.69 Å². The first kappa shape index (κ1) is 2.95. The van der Waals surface area contributed by atoms with Gasteiger partial charge in [0.25, 0.3) is 0 Å². The molecular weight excluding hydrogens is 122 g/mol. The molecule has 0 unspecified atom stereocenters. The second-order valence-electron chi connectivity index (χ2n) is 2.60. The highest BCUT2D eigenvalue weighted by atomic mass is 14.6. The van der Waals surface area contributed by atoms with Gasteiger partial charge in [-0.2, -0.15) is 0 Å². The third-order valence-electron chi connectivity index (χ3n) is 1.73. The lowest BCUT2D eigenvalue weighted by molar-refractivity contribution is 1.14. The van der Waals surface area contributed by atoms with Crippen molar-refractivity contribution in [3.05, 3.63) is 29.7 Å². The molecule has 0 aromatic heterocycles. The minimum Gasteiger partial charge on any atom is -0.398 e. The van der Waals surface area contributed by atoms with E-state index in [9.17, 15) is 0 Å². The van der Waals surface area contributed by atoms with Crippen molar-refractivity contribution in [3.63, 3.8) is 0 Å². The minimum absolute atomic E-state index is 0.0333. The molecule has 2 rings (SSSR count). The second-order valence-corrected chi connectivity index (χ2v) is 2.60. The lowest BCUT2D eigenvalue weighted by atomic mass is 10.1. The first-order valence-electron chi connectivity index (χ1n) is 5.39. The summed E-state index contributed by atoms with van der Waals surface area (Å²) >= 11 is 0. The van der Waals surface area contributed by atoms with E-state index in [1.165, 1.54) is 0 Å². The van der Waals surface area contributed by atoms with E-state index >= 15 is 0 Å². The lowest BCUT2D eigenvalue weighted by Gasteiger charge is -2.00. The third-order valence-corrected chi connectivity index (χ3v) is 1.73. The monoisotopic (exact) mass is 137 g/mol. The van der Waals surface area contributed by atoms with E-state index < -0.39 is 0 Å². The molecule has 1 aliphatic rings. The number of benzene rings is 1. The summed E-state index contributed by atoms with van der Waals surface area (Å²) in [7, 11) is 0. The fourth-order valence-corrected chi connectivity index (χ4v) is 1.03. The van der Waals surface area contributed by atoms with E-state index in [1.54, 1.807) is 0 Å². The normalized spacial score (nSPS) is 22.8. The molecule has 1 fully saturated rings. The molecule has 1 heteroatoms.